The quantitative estimate of drug-likeness (QED) is 0.400. The van der Waals surface area contributed by atoms with E-state index in [1.165, 1.54) is 30.3 Å². The molecule has 0 fully saturated rings. The Kier molecular flexibility index (Phi) is 7.59. The maximum atomic E-state index is 13.6. The lowest BCUT2D eigenvalue weighted by Crippen LogP contribution is -2.45. The molecule has 3 rings (SSSR count). The molecular weight excluding hydrogens is 531 g/mol. The van der Waals surface area contributed by atoms with Gasteiger partial charge in [-0.3, -0.25) is 0 Å². The predicted octanol–water partition coefficient (Wildman–Crippen LogP) is 5.12. The molecule has 0 aliphatic carbocycles. The number of urea groups is 1. The van der Waals surface area contributed by atoms with E-state index < -0.39 is 41.3 Å². The number of halogens is 8. The Morgan fingerprint density at radius 2 is 1.74 bits per heavy atom. The van der Waals surface area contributed by atoms with Gasteiger partial charge in [-0.2, -0.15) is 31.7 Å². The molecule has 2 N–H and O–H groups in total. The second-order valence-corrected chi connectivity index (χ2v) is 7.54. The Hall–Kier alpha value is -3.33. The van der Waals surface area contributed by atoms with Crippen molar-refractivity contribution in [3.05, 3.63) is 52.8 Å². The van der Waals surface area contributed by atoms with Crippen LogP contribution in [0.5, 0.6) is 5.75 Å². The topological polar surface area (TPSA) is 107 Å². The molecule has 3 aromatic rings. The van der Waals surface area contributed by atoms with Gasteiger partial charge in [-0.25, -0.2) is 24.1 Å². The van der Waals surface area contributed by atoms with Gasteiger partial charge in [-0.05, 0) is 19.1 Å². The zero-order valence-electron chi connectivity index (χ0n) is 17.2. The van der Waals surface area contributed by atoms with Crippen LogP contribution in [0.4, 0.5) is 36.8 Å². The third-order valence-electron chi connectivity index (χ3n) is 4.15. The SMILES string of the molecule is CC(NC(=O)Nc1cc(OC(F)(F)C(F)C(F)(F)F)c(Cl)cc1Cl)c1ncnn1-c1ncccn1. The standard InChI is InChI=1S/C18H13Cl2F6N7O2/c1-8(13-29-7-30-33(13)15-27-3-2-4-28-15)31-16(34)32-11-6-12(10(20)5-9(11)19)35-18(25,26)14(21)17(22,23)24/h2-8,14H,1H3,(H2,31,32,34). The summed E-state index contributed by atoms with van der Waals surface area (Å²) < 4.78 is 82.7. The lowest BCUT2D eigenvalue weighted by atomic mass is 10.2. The largest absolute Gasteiger partial charge is 0.439 e. The van der Waals surface area contributed by atoms with Gasteiger partial charge in [0.15, 0.2) is 5.82 Å². The van der Waals surface area contributed by atoms with Crippen molar-refractivity contribution in [2.45, 2.75) is 31.4 Å². The fourth-order valence-corrected chi connectivity index (χ4v) is 3.08. The number of anilines is 1. The highest BCUT2D eigenvalue weighted by atomic mass is 35.5. The second-order valence-electron chi connectivity index (χ2n) is 6.73. The summed E-state index contributed by atoms with van der Waals surface area (Å²) in [6.07, 6.45) is -11.7. The van der Waals surface area contributed by atoms with Crippen molar-refractivity contribution in [3.63, 3.8) is 0 Å². The first-order valence-corrected chi connectivity index (χ1v) is 10.1. The Morgan fingerprint density at radius 3 is 2.37 bits per heavy atom. The highest BCUT2D eigenvalue weighted by Crippen LogP contribution is 2.41. The third-order valence-corrected chi connectivity index (χ3v) is 4.76. The molecule has 9 nitrogen and oxygen atoms in total. The van der Waals surface area contributed by atoms with Gasteiger partial charge >= 0.3 is 18.3 Å². The van der Waals surface area contributed by atoms with Crippen LogP contribution in [0.1, 0.15) is 18.8 Å². The van der Waals surface area contributed by atoms with Crippen molar-refractivity contribution in [1.82, 2.24) is 30.0 Å². The molecule has 2 atom stereocenters. The minimum atomic E-state index is -5.90. The van der Waals surface area contributed by atoms with E-state index >= 15 is 0 Å². The molecule has 2 unspecified atom stereocenters. The fraction of sp³-hybridized carbons (Fsp3) is 0.278. The van der Waals surface area contributed by atoms with Crippen molar-refractivity contribution in [2.75, 3.05) is 5.32 Å². The normalized spacial score (nSPS) is 13.7. The van der Waals surface area contributed by atoms with Crippen molar-refractivity contribution in [3.8, 4) is 11.7 Å². The van der Waals surface area contributed by atoms with E-state index in [0.717, 1.165) is 6.07 Å². The van der Waals surface area contributed by atoms with Crippen LogP contribution in [0, 0.1) is 0 Å². The molecule has 0 saturated carbocycles. The first-order chi connectivity index (χ1) is 16.3. The summed E-state index contributed by atoms with van der Waals surface area (Å²) in [5.74, 6) is -0.668. The zero-order chi connectivity index (χ0) is 26.0. The van der Waals surface area contributed by atoms with E-state index in [-0.39, 0.29) is 22.5 Å². The van der Waals surface area contributed by atoms with Gasteiger partial charge in [-0.1, -0.05) is 23.2 Å². The van der Waals surface area contributed by atoms with E-state index in [1.54, 1.807) is 6.07 Å². The Balaban J connectivity index is 1.75. The van der Waals surface area contributed by atoms with E-state index in [9.17, 15) is 31.1 Å². The Morgan fingerprint density at radius 1 is 1.09 bits per heavy atom. The molecule has 35 heavy (non-hydrogen) atoms. The summed E-state index contributed by atoms with van der Waals surface area (Å²) >= 11 is 11.6. The van der Waals surface area contributed by atoms with Gasteiger partial charge in [0.1, 0.15) is 12.1 Å². The number of hydrogen-bond acceptors (Lipinski definition) is 6. The smallest absolute Gasteiger partial charge is 0.428 e. The Labute approximate surface area is 202 Å². The van der Waals surface area contributed by atoms with Crippen LogP contribution in [-0.2, 0) is 0 Å². The van der Waals surface area contributed by atoms with E-state index in [0.29, 0.717) is 6.07 Å². The van der Waals surface area contributed by atoms with Crippen LogP contribution in [0.3, 0.4) is 0 Å². The third kappa shape index (κ3) is 6.22. The van der Waals surface area contributed by atoms with Crippen molar-refractivity contribution in [1.29, 1.82) is 0 Å². The van der Waals surface area contributed by atoms with Crippen LogP contribution < -0.4 is 15.4 Å². The number of aromatic nitrogens is 5. The van der Waals surface area contributed by atoms with Crippen LogP contribution >= 0.6 is 23.2 Å². The van der Waals surface area contributed by atoms with Gasteiger partial charge in [0, 0.05) is 18.5 Å². The zero-order valence-corrected chi connectivity index (χ0v) is 18.7. The van der Waals surface area contributed by atoms with Crippen LogP contribution in [-0.4, -0.2) is 49.2 Å². The van der Waals surface area contributed by atoms with Crippen LogP contribution in [0.25, 0.3) is 5.95 Å². The molecule has 0 aliphatic heterocycles. The number of hydrogen-bond donors (Lipinski definition) is 2. The minimum absolute atomic E-state index is 0.169. The number of amides is 2. The number of nitrogens with zero attached hydrogens (tertiary/aromatic N) is 5. The summed E-state index contributed by atoms with van der Waals surface area (Å²) in [4.78, 5) is 24.5. The molecule has 2 aromatic heterocycles. The summed E-state index contributed by atoms with van der Waals surface area (Å²) in [5.41, 5.74) is -0.373. The van der Waals surface area contributed by atoms with Gasteiger partial charge in [0.2, 0.25) is 0 Å². The van der Waals surface area contributed by atoms with Gasteiger partial charge in [0.25, 0.3) is 12.1 Å². The van der Waals surface area contributed by atoms with Gasteiger partial charge in [0.05, 0.1) is 21.8 Å². The van der Waals surface area contributed by atoms with Gasteiger partial charge in [-0.15, -0.1) is 0 Å². The van der Waals surface area contributed by atoms with Gasteiger partial charge < -0.3 is 15.4 Å². The van der Waals surface area contributed by atoms with Crippen molar-refractivity contribution < 1.29 is 35.9 Å². The molecule has 1 aromatic carbocycles. The number of nitrogens with one attached hydrogen (secondary N) is 2. The first-order valence-electron chi connectivity index (χ1n) is 9.31. The summed E-state index contributed by atoms with van der Waals surface area (Å²) in [6, 6.07) is 1.29. The summed E-state index contributed by atoms with van der Waals surface area (Å²) in [7, 11) is 0. The minimum Gasteiger partial charge on any atom is -0.428 e. The molecule has 2 amide bonds. The first kappa shape index (κ1) is 26.3. The molecule has 0 radical (unpaired) electrons. The highest BCUT2D eigenvalue weighted by Gasteiger charge is 2.59. The van der Waals surface area contributed by atoms with Crippen molar-refractivity contribution >= 4 is 34.9 Å². The fourth-order valence-electron chi connectivity index (χ4n) is 2.61. The average molecular weight is 544 g/mol. The molecule has 2 heterocycles. The maximum Gasteiger partial charge on any atom is 0.439 e. The van der Waals surface area contributed by atoms with Crippen LogP contribution in [0.2, 0.25) is 10.0 Å². The lowest BCUT2D eigenvalue weighted by molar-refractivity contribution is -0.304. The molecule has 188 valence electrons. The molecule has 0 saturated heterocycles. The summed E-state index contributed by atoms with van der Waals surface area (Å²) in [6.45, 7) is 1.53. The van der Waals surface area contributed by atoms with E-state index in [2.05, 4.69) is 35.4 Å². The number of ether oxygens (including phenoxy) is 1. The molecular formula is C18H13Cl2F6N7O2. The average Bonchev–Trinajstić information content (AvgIpc) is 3.26. The van der Waals surface area contributed by atoms with E-state index in [1.807, 2.05) is 0 Å². The Bertz CT molecular complexity index is 1200. The lowest BCUT2D eigenvalue weighted by Gasteiger charge is -2.24. The number of benzene rings is 1. The van der Waals surface area contributed by atoms with E-state index in [4.69, 9.17) is 23.2 Å². The number of carbonyl (C=O) groups excluding carboxylic acids is 1. The molecule has 0 aliphatic rings. The number of carbonyl (C=O) groups is 1. The van der Waals surface area contributed by atoms with Crippen molar-refractivity contribution in [2.24, 2.45) is 0 Å². The maximum absolute atomic E-state index is 13.6. The molecule has 0 bridgehead atoms. The summed E-state index contributed by atoms with van der Waals surface area (Å²) in [5, 5.41) is 7.72. The second kappa shape index (κ2) is 10.1. The monoisotopic (exact) mass is 543 g/mol. The van der Waals surface area contributed by atoms with Crippen LogP contribution in [0.15, 0.2) is 36.9 Å². The predicted molar refractivity (Wildman–Crippen MR) is 111 cm³/mol. The molecule has 17 heteroatoms. The molecule has 0 spiro atoms. The number of alkyl halides is 6. The highest BCUT2D eigenvalue weighted by molar-refractivity contribution is 6.37. The number of rotatable bonds is 7.